The molecule has 7 heteroatoms. The molecule has 0 atom stereocenters. The van der Waals surface area contributed by atoms with Crippen LogP contribution < -0.4 is 10.9 Å². The summed E-state index contributed by atoms with van der Waals surface area (Å²) in [5.41, 5.74) is 6.77. The van der Waals surface area contributed by atoms with E-state index in [0.29, 0.717) is 16.1 Å². The minimum absolute atomic E-state index is 0.309. The Labute approximate surface area is 119 Å². The number of hydrazine groups is 1. The molecule has 2 rings (SSSR count). The van der Waals surface area contributed by atoms with Gasteiger partial charge in [0.25, 0.3) is 5.91 Å². The average Bonchev–Trinajstić information content (AvgIpc) is 2.90. The number of aryl methyl sites for hydroxylation is 1. The van der Waals surface area contributed by atoms with Crippen LogP contribution >= 0.6 is 11.3 Å². The van der Waals surface area contributed by atoms with Crippen LogP contribution in [0.1, 0.15) is 21.1 Å². The lowest BCUT2D eigenvalue weighted by atomic mass is 10.3. The van der Waals surface area contributed by atoms with Crippen LogP contribution in [0.5, 0.6) is 0 Å². The maximum Gasteiger partial charge on any atom is 0.269 e. The van der Waals surface area contributed by atoms with E-state index >= 15 is 0 Å². The smallest absolute Gasteiger partial charge is 0.269 e. The molecule has 0 aliphatic carbocycles. The van der Waals surface area contributed by atoms with Crippen LogP contribution in [0, 0.1) is 18.3 Å². The monoisotopic (exact) mass is 285 g/mol. The Morgan fingerprint density at radius 2 is 2.20 bits per heavy atom. The number of carbonyl (C=O) groups excluding carboxylic acids is 1. The average molecular weight is 285 g/mol. The van der Waals surface area contributed by atoms with E-state index in [4.69, 9.17) is 5.26 Å². The maximum atomic E-state index is 11.7. The normalized spacial score (nSPS) is 10.7. The second kappa shape index (κ2) is 6.45. The van der Waals surface area contributed by atoms with Crippen molar-refractivity contribution >= 4 is 22.8 Å². The summed E-state index contributed by atoms with van der Waals surface area (Å²) in [7, 11) is 0. The molecule has 0 saturated heterocycles. The van der Waals surface area contributed by atoms with Crippen molar-refractivity contribution in [3.63, 3.8) is 0 Å². The van der Waals surface area contributed by atoms with Gasteiger partial charge in [0.1, 0.15) is 16.6 Å². The number of nitrogens with one attached hydrogen (secondary N) is 2. The Morgan fingerprint density at radius 1 is 1.45 bits per heavy atom. The molecular weight excluding hydrogens is 274 g/mol. The predicted molar refractivity (Wildman–Crippen MR) is 75.3 cm³/mol. The van der Waals surface area contributed by atoms with Gasteiger partial charge in [0.05, 0.1) is 0 Å². The number of thiazole rings is 1. The number of rotatable bonds is 4. The van der Waals surface area contributed by atoms with Gasteiger partial charge in [-0.3, -0.25) is 15.2 Å². The Morgan fingerprint density at radius 3 is 2.80 bits per heavy atom. The van der Waals surface area contributed by atoms with E-state index in [0.717, 1.165) is 5.69 Å². The molecule has 0 unspecified atom stereocenters. The fourth-order valence-corrected chi connectivity index (χ4v) is 2.13. The fourth-order valence-electron chi connectivity index (χ4n) is 1.37. The van der Waals surface area contributed by atoms with Crippen LogP contribution in [-0.4, -0.2) is 15.9 Å². The standard InChI is InChI=1S/C13H11N5OS/c1-9-8-20-13(17-9)11(6-14)7-16-18-12(19)10-2-4-15-5-3-10/h2-5,7-8,16H,1H3,(H,18,19)/b11-7+. The molecule has 1 amide bonds. The first-order valence-corrected chi connectivity index (χ1v) is 6.57. The van der Waals surface area contributed by atoms with E-state index in [-0.39, 0.29) is 5.91 Å². The minimum Gasteiger partial charge on any atom is -0.304 e. The number of hydrogen-bond donors (Lipinski definition) is 2. The summed E-state index contributed by atoms with van der Waals surface area (Å²) in [5, 5.41) is 11.5. The quantitative estimate of drug-likeness (QED) is 0.658. The zero-order valence-electron chi connectivity index (χ0n) is 10.6. The predicted octanol–water partition coefficient (Wildman–Crippen LogP) is 1.65. The molecule has 2 N–H and O–H groups in total. The first-order chi connectivity index (χ1) is 9.70. The second-order valence-corrected chi connectivity index (χ2v) is 4.66. The third kappa shape index (κ3) is 3.40. The third-order valence-corrected chi connectivity index (χ3v) is 3.31. The van der Waals surface area contributed by atoms with Crippen molar-refractivity contribution in [1.29, 1.82) is 5.26 Å². The summed E-state index contributed by atoms with van der Waals surface area (Å²) in [6.45, 7) is 1.85. The Balaban J connectivity index is 1.99. The van der Waals surface area contributed by atoms with Crippen molar-refractivity contribution in [2.75, 3.05) is 0 Å². The molecule has 0 aliphatic rings. The number of aromatic nitrogens is 2. The van der Waals surface area contributed by atoms with Crippen LogP contribution in [0.4, 0.5) is 0 Å². The highest BCUT2D eigenvalue weighted by Crippen LogP contribution is 2.17. The van der Waals surface area contributed by atoms with Crippen LogP contribution in [0.2, 0.25) is 0 Å². The number of nitriles is 1. The van der Waals surface area contributed by atoms with E-state index in [1.165, 1.54) is 29.9 Å². The van der Waals surface area contributed by atoms with E-state index in [9.17, 15) is 4.79 Å². The van der Waals surface area contributed by atoms with Gasteiger partial charge in [-0.05, 0) is 19.1 Å². The third-order valence-electron chi connectivity index (χ3n) is 2.31. The van der Waals surface area contributed by atoms with Crippen molar-refractivity contribution in [3.8, 4) is 6.07 Å². The molecule has 2 heterocycles. The van der Waals surface area contributed by atoms with Crippen LogP contribution in [0.3, 0.4) is 0 Å². The van der Waals surface area contributed by atoms with E-state index < -0.39 is 0 Å². The summed E-state index contributed by atoms with van der Waals surface area (Å²) in [4.78, 5) is 19.8. The van der Waals surface area contributed by atoms with Crippen molar-refractivity contribution in [2.45, 2.75) is 6.92 Å². The molecule has 2 aromatic heterocycles. The SMILES string of the molecule is Cc1csc(/C(C#N)=C/NNC(=O)c2ccncc2)n1. The largest absolute Gasteiger partial charge is 0.304 e. The molecule has 0 aromatic carbocycles. The lowest BCUT2D eigenvalue weighted by molar-refractivity contribution is 0.0941. The molecule has 6 nitrogen and oxygen atoms in total. The Hall–Kier alpha value is -2.72. The van der Waals surface area contributed by atoms with Gasteiger partial charge in [-0.25, -0.2) is 4.98 Å². The van der Waals surface area contributed by atoms with Crippen LogP contribution in [0.25, 0.3) is 5.57 Å². The molecule has 0 saturated carbocycles. The van der Waals surface area contributed by atoms with E-state index in [1.807, 2.05) is 18.4 Å². The van der Waals surface area contributed by atoms with Gasteiger partial charge in [0.15, 0.2) is 0 Å². The molecule has 20 heavy (non-hydrogen) atoms. The first-order valence-electron chi connectivity index (χ1n) is 5.69. The molecule has 0 bridgehead atoms. The summed E-state index contributed by atoms with van der Waals surface area (Å²) in [6.07, 6.45) is 4.48. The summed E-state index contributed by atoms with van der Waals surface area (Å²) < 4.78 is 0. The summed E-state index contributed by atoms with van der Waals surface area (Å²) in [5.74, 6) is -0.309. The van der Waals surface area contributed by atoms with Crippen molar-refractivity contribution in [1.82, 2.24) is 20.8 Å². The Kier molecular flexibility index (Phi) is 4.42. The van der Waals surface area contributed by atoms with Crippen molar-refractivity contribution in [2.24, 2.45) is 0 Å². The van der Waals surface area contributed by atoms with Gasteiger partial charge >= 0.3 is 0 Å². The van der Waals surface area contributed by atoms with Crippen LogP contribution in [0.15, 0.2) is 36.1 Å². The van der Waals surface area contributed by atoms with Gasteiger partial charge in [0.2, 0.25) is 0 Å². The fraction of sp³-hybridized carbons (Fsp3) is 0.0769. The van der Waals surface area contributed by atoms with Crippen molar-refractivity contribution < 1.29 is 4.79 Å². The highest BCUT2D eigenvalue weighted by molar-refractivity contribution is 7.10. The van der Waals surface area contributed by atoms with Gasteiger partial charge < -0.3 is 5.43 Å². The molecule has 0 radical (unpaired) electrons. The first kappa shape index (κ1) is 13.7. The molecule has 100 valence electrons. The molecule has 0 aliphatic heterocycles. The topological polar surface area (TPSA) is 90.7 Å². The number of amides is 1. The van der Waals surface area contributed by atoms with E-state index in [2.05, 4.69) is 20.8 Å². The molecular formula is C13H11N5OS. The van der Waals surface area contributed by atoms with Gasteiger partial charge in [-0.1, -0.05) is 0 Å². The summed E-state index contributed by atoms with van der Waals surface area (Å²) in [6, 6.07) is 5.22. The number of carbonyl (C=O) groups is 1. The number of allylic oxidation sites excluding steroid dienone is 1. The number of hydrogen-bond acceptors (Lipinski definition) is 6. The number of nitrogens with zero attached hydrogens (tertiary/aromatic N) is 3. The number of pyridine rings is 1. The minimum atomic E-state index is -0.309. The molecule has 2 aromatic rings. The lowest BCUT2D eigenvalue weighted by Crippen LogP contribution is -2.33. The van der Waals surface area contributed by atoms with Gasteiger partial charge in [-0.2, -0.15) is 5.26 Å². The molecule has 0 fully saturated rings. The van der Waals surface area contributed by atoms with Crippen molar-refractivity contribution in [3.05, 3.63) is 52.4 Å². The van der Waals surface area contributed by atoms with E-state index in [1.54, 1.807) is 12.1 Å². The zero-order chi connectivity index (χ0) is 14.4. The van der Waals surface area contributed by atoms with Crippen LogP contribution in [-0.2, 0) is 0 Å². The molecule has 0 spiro atoms. The van der Waals surface area contributed by atoms with Gasteiger partial charge in [-0.15, -0.1) is 11.3 Å². The van der Waals surface area contributed by atoms with Gasteiger partial charge in [0, 0.05) is 35.2 Å². The zero-order valence-corrected chi connectivity index (χ0v) is 11.4. The lowest BCUT2D eigenvalue weighted by Gasteiger charge is -2.04. The second-order valence-electron chi connectivity index (χ2n) is 3.80. The summed E-state index contributed by atoms with van der Waals surface area (Å²) >= 11 is 1.37. The maximum absolute atomic E-state index is 11.7. The highest BCUT2D eigenvalue weighted by Gasteiger charge is 2.06. The Bertz CT molecular complexity index is 672. The highest BCUT2D eigenvalue weighted by atomic mass is 32.1.